The summed E-state index contributed by atoms with van der Waals surface area (Å²) in [6, 6.07) is 13.0. The van der Waals surface area contributed by atoms with E-state index in [0.29, 0.717) is 23.8 Å². The minimum absolute atomic E-state index is 0.113. The predicted molar refractivity (Wildman–Crippen MR) is 107 cm³/mol. The van der Waals surface area contributed by atoms with E-state index in [0.717, 1.165) is 18.1 Å². The van der Waals surface area contributed by atoms with Crippen LogP contribution in [0.1, 0.15) is 56.8 Å². The zero-order valence-electron chi connectivity index (χ0n) is 16.5. The molecule has 0 bridgehead atoms. The molecule has 0 saturated carbocycles. The van der Waals surface area contributed by atoms with Crippen LogP contribution in [-0.2, 0) is 0 Å². The third kappa shape index (κ3) is 7.73. The van der Waals surface area contributed by atoms with Crippen molar-refractivity contribution in [3.63, 3.8) is 0 Å². The molecule has 0 aliphatic heterocycles. The Hall–Kier alpha value is -2.49. The first-order valence-corrected chi connectivity index (χ1v) is 9.68. The number of carbonyl (C=O) groups excluding carboxylic acids is 1. The molecular weight excluding hydrogens is 340 g/mol. The summed E-state index contributed by atoms with van der Waals surface area (Å²) in [6.07, 6.45) is 4.85. The molecule has 0 aromatic heterocycles. The second kappa shape index (κ2) is 10.6. The van der Waals surface area contributed by atoms with Crippen LogP contribution in [0.2, 0.25) is 0 Å². The third-order valence-corrected chi connectivity index (χ3v) is 4.50. The van der Waals surface area contributed by atoms with Crippen molar-refractivity contribution in [2.75, 3.05) is 6.61 Å². The Morgan fingerprint density at radius 3 is 2.15 bits per heavy atom. The van der Waals surface area contributed by atoms with E-state index in [4.69, 9.17) is 9.47 Å². The smallest absolute Gasteiger partial charge is 0.343 e. The van der Waals surface area contributed by atoms with Gasteiger partial charge < -0.3 is 14.6 Å². The van der Waals surface area contributed by atoms with Crippen molar-refractivity contribution in [1.29, 1.82) is 0 Å². The highest BCUT2D eigenvalue weighted by molar-refractivity contribution is 5.91. The molecule has 2 rings (SSSR count). The van der Waals surface area contributed by atoms with Gasteiger partial charge in [0.2, 0.25) is 0 Å². The lowest BCUT2D eigenvalue weighted by Gasteiger charge is -2.13. The van der Waals surface area contributed by atoms with Crippen molar-refractivity contribution >= 4 is 5.97 Å². The Morgan fingerprint density at radius 1 is 0.889 bits per heavy atom. The monoisotopic (exact) mass is 370 g/mol. The van der Waals surface area contributed by atoms with Crippen molar-refractivity contribution in [1.82, 2.24) is 0 Å². The molecule has 4 heteroatoms. The summed E-state index contributed by atoms with van der Waals surface area (Å²) in [5, 5.41) is 9.26. The molecule has 0 radical (unpaired) electrons. The van der Waals surface area contributed by atoms with Crippen LogP contribution in [0.25, 0.3) is 0 Å². The van der Waals surface area contributed by atoms with E-state index < -0.39 is 5.97 Å². The molecule has 2 aromatic carbocycles. The number of carbonyl (C=O) groups is 1. The van der Waals surface area contributed by atoms with Crippen LogP contribution in [0.4, 0.5) is 0 Å². The highest BCUT2D eigenvalue weighted by atomic mass is 16.5. The molecule has 4 nitrogen and oxygen atoms in total. The summed E-state index contributed by atoms with van der Waals surface area (Å²) >= 11 is 0. The molecule has 1 N–H and O–H groups in total. The van der Waals surface area contributed by atoms with Crippen LogP contribution in [0, 0.1) is 11.8 Å². The molecule has 146 valence electrons. The summed E-state index contributed by atoms with van der Waals surface area (Å²) in [5.41, 5.74) is 0.389. The van der Waals surface area contributed by atoms with E-state index in [2.05, 4.69) is 20.8 Å². The van der Waals surface area contributed by atoms with Gasteiger partial charge in [-0.05, 0) is 66.8 Å². The Morgan fingerprint density at radius 2 is 1.52 bits per heavy atom. The summed E-state index contributed by atoms with van der Waals surface area (Å²) in [5.74, 6) is 2.32. The van der Waals surface area contributed by atoms with Crippen molar-refractivity contribution in [2.45, 2.75) is 46.5 Å². The summed E-state index contributed by atoms with van der Waals surface area (Å²) < 4.78 is 11.1. The van der Waals surface area contributed by atoms with E-state index in [1.54, 1.807) is 12.1 Å². The van der Waals surface area contributed by atoms with Gasteiger partial charge in [0.05, 0.1) is 12.2 Å². The number of esters is 1. The Balaban J connectivity index is 1.73. The van der Waals surface area contributed by atoms with Gasteiger partial charge in [-0.2, -0.15) is 0 Å². The minimum Gasteiger partial charge on any atom is -0.508 e. The second-order valence-corrected chi connectivity index (χ2v) is 7.47. The first-order valence-electron chi connectivity index (χ1n) is 9.68. The van der Waals surface area contributed by atoms with E-state index in [-0.39, 0.29) is 5.75 Å². The zero-order valence-corrected chi connectivity index (χ0v) is 16.5. The Bertz CT molecular complexity index is 689. The molecule has 1 atom stereocenters. The number of ether oxygens (including phenoxy) is 2. The molecule has 0 aliphatic rings. The van der Waals surface area contributed by atoms with Crippen LogP contribution in [0.5, 0.6) is 17.2 Å². The Kier molecular flexibility index (Phi) is 8.18. The summed E-state index contributed by atoms with van der Waals surface area (Å²) in [6.45, 7) is 7.49. The van der Waals surface area contributed by atoms with Gasteiger partial charge >= 0.3 is 5.97 Å². The maximum atomic E-state index is 12.1. The SMILES string of the molecule is CC(C)CCC[C@H](C)CCOc1ccc(OC(=O)c2ccc(O)cc2)cc1. The lowest BCUT2D eigenvalue weighted by molar-refractivity contribution is 0.0734. The third-order valence-electron chi connectivity index (χ3n) is 4.50. The van der Waals surface area contributed by atoms with Gasteiger partial charge in [0.1, 0.15) is 17.2 Å². The van der Waals surface area contributed by atoms with Crippen LogP contribution < -0.4 is 9.47 Å². The van der Waals surface area contributed by atoms with Gasteiger partial charge in [0, 0.05) is 0 Å². The fraction of sp³-hybridized carbons (Fsp3) is 0.435. The van der Waals surface area contributed by atoms with Crippen molar-refractivity contribution in [3.8, 4) is 17.2 Å². The van der Waals surface area contributed by atoms with Crippen LogP contribution in [0.15, 0.2) is 48.5 Å². The molecule has 0 fully saturated rings. The fourth-order valence-electron chi connectivity index (χ4n) is 2.76. The second-order valence-electron chi connectivity index (χ2n) is 7.47. The van der Waals surface area contributed by atoms with Gasteiger partial charge in [-0.15, -0.1) is 0 Å². The van der Waals surface area contributed by atoms with E-state index >= 15 is 0 Å². The molecule has 0 saturated heterocycles. The average molecular weight is 370 g/mol. The number of benzene rings is 2. The van der Waals surface area contributed by atoms with Crippen molar-refractivity contribution in [2.24, 2.45) is 11.8 Å². The molecule has 0 amide bonds. The molecule has 2 aromatic rings. The van der Waals surface area contributed by atoms with Gasteiger partial charge in [0.15, 0.2) is 0 Å². The summed E-state index contributed by atoms with van der Waals surface area (Å²) in [4.78, 5) is 12.1. The average Bonchev–Trinajstić information content (AvgIpc) is 2.63. The molecule has 0 unspecified atom stereocenters. The van der Waals surface area contributed by atoms with Crippen molar-refractivity contribution < 1.29 is 19.4 Å². The lowest BCUT2D eigenvalue weighted by Crippen LogP contribution is -2.08. The standard InChI is InChI=1S/C23H30O4/c1-17(2)5-4-6-18(3)15-16-26-21-11-13-22(14-12-21)27-23(25)19-7-9-20(24)10-8-19/h7-14,17-18,24H,4-6,15-16H2,1-3H3/t18-/m0/s1. The number of phenolic OH excluding ortho intramolecular Hbond substituents is 1. The fourth-order valence-corrected chi connectivity index (χ4v) is 2.76. The lowest BCUT2D eigenvalue weighted by atomic mass is 9.98. The molecule has 0 spiro atoms. The maximum Gasteiger partial charge on any atom is 0.343 e. The molecule has 0 aliphatic carbocycles. The van der Waals surface area contributed by atoms with Crippen LogP contribution >= 0.6 is 0 Å². The van der Waals surface area contributed by atoms with E-state index in [9.17, 15) is 9.90 Å². The first-order chi connectivity index (χ1) is 12.9. The quantitative estimate of drug-likeness (QED) is 0.421. The largest absolute Gasteiger partial charge is 0.508 e. The molecular formula is C23H30O4. The molecule has 27 heavy (non-hydrogen) atoms. The van der Waals surface area contributed by atoms with Crippen LogP contribution in [-0.4, -0.2) is 17.7 Å². The highest BCUT2D eigenvalue weighted by Crippen LogP contribution is 2.21. The highest BCUT2D eigenvalue weighted by Gasteiger charge is 2.09. The minimum atomic E-state index is -0.459. The number of hydrogen-bond donors (Lipinski definition) is 1. The maximum absolute atomic E-state index is 12.1. The topological polar surface area (TPSA) is 55.8 Å². The molecule has 0 heterocycles. The Labute approximate surface area is 162 Å². The first kappa shape index (κ1) is 20.8. The van der Waals surface area contributed by atoms with E-state index in [1.807, 2.05) is 12.1 Å². The van der Waals surface area contributed by atoms with Gasteiger partial charge in [-0.25, -0.2) is 4.79 Å². The van der Waals surface area contributed by atoms with Crippen LogP contribution in [0.3, 0.4) is 0 Å². The summed E-state index contributed by atoms with van der Waals surface area (Å²) in [7, 11) is 0. The number of hydrogen-bond acceptors (Lipinski definition) is 4. The van der Waals surface area contributed by atoms with Crippen molar-refractivity contribution in [3.05, 3.63) is 54.1 Å². The zero-order chi connectivity index (χ0) is 19.6. The number of rotatable bonds is 10. The van der Waals surface area contributed by atoms with Gasteiger partial charge in [-0.3, -0.25) is 0 Å². The van der Waals surface area contributed by atoms with Gasteiger partial charge in [0.25, 0.3) is 0 Å². The normalized spacial score (nSPS) is 12.0. The number of phenols is 1. The predicted octanol–water partition coefficient (Wildman–Crippen LogP) is 5.84. The van der Waals surface area contributed by atoms with Gasteiger partial charge in [-0.1, -0.05) is 40.0 Å². The van der Waals surface area contributed by atoms with E-state index in [1.165, 1.54) is 43.5 Å². The number of aromatic hydroxyl groups is 1.